The summed E-state index contributed by atoms with van der Waals surface area (Å²) in [6, 6.07) is 3.90. The maximum absolute atomic E-state index is 12.4. The molecule has 1 saturated carbocycles. The first-order valence-electron chi connectivity index (χ1n) is 8.38. The van der Waals surface area contributed by atoms with Gasteiger partial charge >= 0.3 is 5.97 Å². The number of phenolic OH excluding ortho intramolecular Hbond substituents is 1. The fourth-order valence-electron chi connectivity index (χ4n) is 3.21. The maximum Gasteiger partial charge on any atom is 0.335 e. The van der Waals surface area contributed by atoms with Crippen LogP contribution in [0.25, 0.3) is 0 Å². The molecule has 0 heterocycles. The Labute approximate surface area is 136 Å². The van der Waals surface area contributed by atoms with Gasteiger partial charge in [-0.15, -0.1) is 0 Å². The minimum absolute atomic E-state index is 0.0429. The van der Waals surface area contributed by atoms with Crippen molar-refractivity contribution in [1.82, 2.24) is 0 Å². The minimum Gasteiger partial charge on any atom is -0.506 e. The summed E-state index contributed by atoms with van der Waals surface area (Å²) >= 11 is 0. The normalized spacial score (nSPS) is 20.9. The van der Waals surface area contributed by atoms with E-state index in [0.29, 0.717) is 0 Å². The van der Waals surface area contributed by atoms with Gasteiger partial charge in [0.05, 0.1) is 11.3 Å². The van der Waals surface area contributed by atoms with Crippen molar-refractivity contribution >= 4 is 17.6 Å². The maximum atomic E-state index is 12.4. The number of benzene rings is 1. The zero-order valence-corrected chi connectivity index (χ0v) is 13.5. The summed E-state index contributed by atoms with van der Waals surface area (Å²) in [4.78, 5) is 23.3. The number of aromatic hydroxyl groups is 1. The number of anilines is 1. The molecule has 2 rings (SSSR count). The molecule has 5 heteroatoms. The van der Waals surface area contributed by atoms with Crippen LogP contribution in [-0.4, -0.2) is 22.1 Å². The Bertz CT molecular complexity index is 562. The lowest BCUT2D eigenvalue weighted by Crippen LogP contribution is -2.27. The van der Waals surface area contributed by atoms with Crippen molar-refractivity contribution in [2.75, 3.05) is 5.32 Å². The summed E-state index contributed by atoms with van der Waals surface area (Å²) in [5.74, 6) is -0.655. The van der Waals surface area contributed by atoms with Gasteiger partial charge < -0.3 is 15.5 Å². The van der Waals surface area contributed by atoms with Crippen LogP contribution in [0.15, 0.2) is 18.2 Å². The van der Waals surface area contributed by atoms with E-state index >= 15 is 0 Å². The Balaban J connectivity index is 1.93. The Morgan fingerprint density at radius 3 is 2.52 bits per heavy atom. The summed E-state index contributed by atoms with van der Waals surface area (Å²) in [5.41, 5.74) is 0.212. The van der Waals surface area contributed by atoms with Gasteiger partial charge in [-0.3, -0.25) is 4.79 Å². The number of aromatic carboxylic acids is 1. The fourth-order valence-corrected chi connectivity index (χ4v) is 3.21. The van der Waals surface area contributed by atoms with Gasteiger partial charge in [0, 0.05) is 5.92 Å². The summed E-state index contributed by atoms with van der Waals surface area (Å²) in [6.45, 7) is 2.19. The molecule has 23 heavy (non-hydrogen) atoms. The molecule has 0 aromatic heterocycles. The van der Waals surface area contributed by atoms with Gasteiger partial charge in [-0.25, -0.2) is 4.79 Å². The molecule has 1 aromatic rings. The molecule has 1 aliphatic rings. The Kier molecular flexibility index (Phi) is 6.02. The van der Waals surface area contributed by atoms with Gasteiger partial charge in [0.1, 0.15) is 5.75 Å². The fraction of sp³-hybridized carbons (Fsp3) is 0.556. The Hall–Kier alpha value is -2.04. The Morgan fingerprint density at radius 2 is 1.91 bits per heavy atom. The van der Waals surface area contributed by atoms with Crippen LogP contribution in [0.2, 0.25) is 0 Å². The van der Waals surface area contributed by atoms with Crippen molar-refractivity contribution < 1.29 is 19.8 Å². The molecule has 3 N–H and O–H groups in total. The molecular weight excluding hydrogens is 294 g/mol. The van der Waals surface area contributed by atoms with Gasteiger partial charge in [0.2, 0.25) is 5.91 Å². The van der Waals surface area contributed by atoms with E-state index in [1.165, 1.54) is 37.5 Å². The van der Waals surface area contributed by atoms with E-state index in [-0.39, 0.29) is 28.8 Å². The van der Waals surface area contributed by atoms with Crippen molar-refractivity contribution in [1.29, 1.82) is 0 Å². The zero-order valence-electron chi connectivity index (χ0n) is 13.5. The topological polar surface area (TPSA) is 86.6 Å². The van der Waals surface area contributed by atoms with Crippen molar-refractivity contribution in [2.45, 2.75) is 51.9 Å². The first-order chi connectivity index (χ1) is 11.0. The molecule has 0 bridgehead atoms. The number of carboxylic acid groups (broad SMARTS) is 1. The third-order valence-electron chi connectivity index (χ3n) is 4.68. The standard InChI is InChI=1S/C18H25NO4/c1-2-3-4-12-5-7-13(8-6-12)17(21)19-15-11-14(18(22)23)9-10-16(15)20/h9-13,20H,2-8H2,1H3,(H,19,21)(H,22,23). The summed E-state index contributed by atoms with van der Waals surface area (Å²) in [6.07, 6.45) is 7.56. The number of phenols is 1. The quantitative estimate of drug-likeness (QED) is 0.691. The van der Waals surface area contributed by atoms with Gasteiger partial charge in [0.25, 0.3) is 0 Å². The number of hydrogen-bond donors (Lipinski definition) is 3. The SMILES string of the molecule is CCCCC1CCC(C(=O)Nc2cc(C(=O)O)ccc2O)CC1. The van der Waals surface area contributed by atoms with Crippen LogP contribution in [-0.2, 0) is 4.79 Å². The molecule has 1 fully saturated rings. The molecule has 0 aliphatic heterocycles. The third-order valence-corrected chi connectivity index (χ3v) is 4.68. The predicted molar refractivity (Wildman–Crippen MR) is 88.7 cm³/mol. The average Bonchev–Trinajstić information content (AvgIpc) is 2.55. The number of nitrogens with one attached hydrogen (secondary N) is 1. The second-order valence-electron chi connectivity index (χ2n) is 6.39. The van der Waals surface area contributed by atoms with Crippen LogP contribution >= 0.6 is 0 Å². The largest absolute Gasteiger partial charge is 0.506 e. The van der Waals surface area contributed by atoms with Crippen molar-refractivity contribution in [3.8, 4) is 5.75 Å². The number of carboxylic acids is 1. The molecule has 5 nitrogen and oxygen atoms in total. The lowest BCUT2D eigenvalue weighted by Gasteiger charge is -2.27. The molecule has 0 radical (unpaired) electrons. The third kappa shape index (κ3) is 4.71. The molecule has 1 aliphatic carbocycles. The lowest BCUT2D eigenvalue weighted by atomic mass is 9.79. The Morgan fingerprint density at radius 1 is 1.22 bits per heavy atom. The monoisotopic (exact) mass is 319 g/mol. The number of rotatable bonds is 6. The smallest absolute Gasteiger partial charge is 0.335 e. The number of carbonyl (C=O) groups excluding carboxylic acids is 1. The van der Waals surface area contributed by atoms with Crippen molar-refractivity contribution in [3.63, 3.8) is 0 Å². The second kappa shape index (κ2) is 7.99. The van der Waals surface area contributed by atoms with Crippen molar-refractivity contribution in [3.05, 3.63) is 23.8 Å². The van der Waals surface area contributed by atoms with Crippen molar-refractivity contribution in [2.24, 2.45) is 11.8 Å². The van der Waals surface area contributed by atoms with Crippen LogP contribution in [0.5, 0.6) is 5.75 Å². The van der Waals surface area contributed by atoms with E-state index in [0.717, 1.165) is 31.6 Å². The van der Waals surface area contributed by atoms with Gasteiger partial charge in [-0.1, -0.05) is 26.2 Å². The molecule has 126 valence electrons. The molecule has 1 amide bonds. The molecule has 0 spiro atoms. The van der Waals surface area contributed by atoms with Crippen LogP contribution in [0.4, 0.5) is 5.69 Å². The van der Waals surface area contributed by atoms with E-state index in [4.69, 9.17) is 5.11 Å². The highest BCUT2D eigenvalue weighted by Crippen LogP contribution is 2.33. The highest BCUT2D eigenvalue weighted by Gasteiger charge is 2.26. The van der Waals surface area contributed by atoms with E-state index in [9.17, 15) is 14.7 Å². The summed E-state index contributed by atoms with van der Waals surface area (Å²) < 4.78 is 0. The zero-order chi connectivity index (χ0) is 16.8. The molecule has 0 atom stereocenters. The second-order valence-corrected chi connectivity index (χ2v) is 6.39. The first kappa shape index (κ1) is 17.3. The van der Waals surface area contributed by atoms with E-state index in [1.807, 2.05) is 0 Å². The van der Waals surface area contributed by atoms with E-state index < -0.39 is 5.97 Å². The summed E-state index contributed by atoms with van der Waals surface area (Å²) in [7, 11) is 0. The molecular formula is C18H25NO4. The number of unbranched alkanes of at least 4 members (excludes halogenated alkanes) is 1. The predicted octanol–water partition coefficient (Wildman–Crippen LogP) is 4.03. The minimum atomic E-state index is -1.09. The number of hydrogen-bond acceptors (Lipinski definition) is 3. The van der Waals surface area contributed by atoms with Crippen LogP contribution in [0.1, 0.15) is 62.2 Å². The van der Waals surface area contributed by atoms with E-state index in [1.54, 1.807) is 0 Å². The molecule has 0 unspecified atom stereocenters. The molecule has 1 aromatic carbocycles. The number of amides is 1. The van der Waals surface area contributed by atoms with Crippen LogP contribution in [0.3, 0.4) is 0 Å². The highest BCUT2D eigenvalue weighted by molar-refractivity contribution is 5.96. The summed E-state index contributed by atoms with van der Waals surface area (Å²) in [5, 5.41) is 21.5. The average molecular weight is 319 g/mol. The van der Waals surface area contributed by atoms with Crippen LogP contribution in [0, 0.1) is 11.8 Å². The molecule has 0 saturated heterocycles. The van der Waals surface area contributed by atoms with Crippen LogP contribution < -0.4 is 5.32 Å². The first-order valence-corrected chi connectivity index (χ1v) is 8.38. The number of carbonyl (C=O) groups is 2. The highest BCUT2D eigenvalue weighted by atomic mass is 16.4. The lowest BCUT2D eigenvalue weighted by molar-refractivity contribution is -0.121. The van der Waals surface area contributed by atoms with Gasteiger partial charge in [-0.05, 0) is 49.8 Å². The van der Waals surface area contributed by atoms with E-state index in [2.05, 4.69) is 12.2 Å². The van der Waals surface area contributed by atoms with Gasteiger partial charge in [0.15, 0.2) is 0 Å². The van der Waals surface area contributed by atoms with Gasteiger partial charge in [-0.2, -0.15) is 0 Å².